The monoisotopic (exact) mass is 217 g/mol. The number of carbonyl (C=O) groups is 2. The van der Waals surface area contributed by atoms with Crippen LogP contribution in [0.3, 0.4) is 0 Å². The molecule has 4 nitrogen and oxygen atoms in total. The van der Waals surface area contributed by atoms with Gasteiger partial charge < -0.3 is 9.73 Å². The number of furan rings is 1. The summed E-state index contributed by atoms with van der Waals surface area (Å²) in [6, 6.07) is 7.27. The minimum absolute atomic E-state index is 0.0400. The highest BCUT2D eigenvalue weighted by molar-refractivity contribution is 6.06. The molecule has 0 bridgehead atoms. The van der Waals surface area contributed by atoms with Gasteiger partial charge >= 0.3 is 0 Å². The van der Waals surface area contributed by atoms with Gasteiger partial charge in [0.1, 0.15) is 17.6 Å². The van der Waals surface area contributed by atoms with E-state index in [1.165, 1.54) is 13.2 Å². The van der Waals surface area contributed by atoms with E-state index in [4.69, 9.17) is 4.42 Å². The van der Waals surface area contributed by atoms with Crippen molar-refractivity contribution >= 4 is 22.7 Å². The van der Waals surface area contributed by atoms with Crippen LogP contribution in [0.2, 0.25) is 0 Å². The standard InChI is InChI=1S/C12H11NO3/c1-8(14)6-13-12(15)10-7-16-11-5-3-2-4-9(10)11/h2-5,7H,6H2,1H3,(H,13,15). The molecular formula is C12H11NO3. The van der Waals surface area contributed by atoms with Gasteiger partial charge in [0.2, 0.25) is 0 Å². The topological polar surface area (TPSA) is 59.3 Å². The van der Waals surface area contributed by atoms with E-state index in [0.717, 1.165) is 5.39 Å². The number of Topliss-reactive ketones (excluding diaryl/α,β-unsaturated/α-hetero) is 1. The summed E-state index contributed by atoms with van der Waals surface area (Å²) in [6.07, 6.45) is 1.40. The molecule has 1 aromatic carbocycles. The number of hydrogen-bond donors (Lipinski definition) is 1. The van der Waals surface area contributed by atoms with E-state index in [-0.39, 0.29) is 18.2 Å². The van der Waals surface area contributed by atoms with Gasteiger partial charge in [0, 0.05) is 5.39 Å². The van der Waals surface area contributed by atoms with Gasteiger partial charge in [0.05, 0.1) is 12.1 Å². The zero-order valence-corrected chi connectivity index (χ0v) is 8.82. The molecule has 2 aromatic rings. The summed E-state index contributed by atoms with van der Waals surface area (Å²) in [5.74, 6) is -0.374. The second kappa shape index (κ2) is 4.18. The lowest BCUT2D eigenvalue weighted by molar-refractivity contribution is -0.116. The number of ketones is 1. The Balaban J connectivity index is 2.26. The molecule has 0 aliphatic carbocycles. The molecular weight excluding hydrogens is 206 g/mol. The predicted molar refractivity (Wildman–Crippen MR) is 59.2 cm³/mol. The summed E-state index contributed by atoms with van der Waals surface area (Å²) < 4.78 is 5.23. The molecule has 16 heavy (non-hydrogen) atoms. The van der Waals surface area contributed by atoms with Crippen LogP contribution in [0.5, 0.6) is 0 Å². The highest BCUT2D eigenvalue weighted by Gasteiger charge is 2.12. The Hall–Kier alpha value is -2.10. The molecule has 0 saturated carbocycles. The van der Waals surface area contributed by atoms with Crippen LogP contribution < -0.4 is 5.32 Å². The number of hydrogen-bond acceptors (Lipinski definition) is 3. The molecule has 0 aliphatic rings. The second-order valence-electron chi connectivity index (χ2n) is 3.53. The fourth-order valence-electron chi connectivity index (χ4n) is 1.45. The molecule has 0 aliphatic heterocycles. The van der Waals surface area contributed by atoms with Crippen molar-refractivity contribution in [1.82, 2.24) is 5.32 Å². The van der Waals surface area contributed by atoms with Gasteiger partial charge in [-0.15, -0.1) is 0 Å². The maximum absolute atomic E-state index is 11.7. The van der Waals surface area contributed by atoms with Gasteiger partial charge in [-0.3, -0.25) is 9.59 Å². The normalized spacial score (nSPS) is 10.3. The maximum Gasteiger partial charge on any atom is 0.255 e. The number of nitrogens with one attached hydrogen (secondary N) is 1. The van der Waals surface area contributed by atoms with E-state index in [9.17, 15) is 9.59 Å². The Bertz CT molecular complexity index is 542. The first-order chi connectivity index (χ1) is 7.68. The predicted octanol–water partition coefficient (Wildman–Crippen LogP) is 1.75. The van der Waals surface area contributed by atoms with E-state index < -0.39 is 0 Å². The van der Waals surface area contributed by atoms with Crippen molar-refractivity contribution in [2.75, 3.05) is 6.54 Å². The Morgan fingerprint density at radius 3 is 2.81 bits per heavy atom. The minimum atomic E-state index is -0.292. The fraction of sp³-hybridized carbons (Fsp3) is 0.167. The van der Waals surface area contributed by atoms with Gasteiger partial charge in [0.15, 0.2) is 0 Å². The molecule has 0 fully saturated rings. The van der Waals surface area contributed by atoms with Gasteiger partial charge in [-0.25, -0.2) is 0 Å². The van der Waals surface area contributed by atoms with E-state index in [1.54, 1.807) is 6.07 Å². The van der Waals surface area contributed by atoms with Crippen LogP contribution in [0, 0.1) is 0 Å². The van der Waals surface area contributed by atoms with E-state index >= 15 is 0 Å². The van der Waals surface area contributed by atoms with Crippen molar-refractivity contribution in [3.63, 3.8) is 0 Å². The molecule has 82 valence electrons. The molecule has 0 saturated heterocycles. The smallest absolute Gasteiger partial charge is 0.255 e. The number of fused-ring (bicyclic) bond motifs is 1. The SMILES string of the molecule is CC(=O)CNC(=O)c1coc2ccccc12. The molecule has 0 atom stereocenters. The number of rotatable bonds is 3. The van der Waals surface area contributed by atoms with Gasteiger partial charge in [0.25, 0.3) is 5.91 Å². The number of para-hydroxylation sites is 1. The van der Waals surface area contributed by atoms with Crippen molar-refractivity contribution in [2.24, 2.45) is 0 Å². The van der Waals surface area contributed by atoms with E-state index in [2.05, 4.69) is 5.32 Å². The highest BCUT2D eigenvalue weighted by atomic mass is 16.3. The quantitative estimate of drug-likeness (QED) is 0.852. The van der Waals surface area contributed by atoms with Crippen LogP contribution in [-0.4, -0.2) is 18.2 Å². The van der Waals surface area contributed by atoms with Crippen LogP contribution in [0.15, 0.2) is 34.9 Å². The van der Waals surface area contributed by atoms with Crippen molar-refractivity contribution in [1.29, 1.82) is 0 Å². The van der Waals surface area contributed by atoms with Gasteiger partial charge in [-0.05, 0) is 13.0 Å². The van der Waals surface area contributed by atoms with Gasteiger partial charge in [-0.2, -0.15) is 0 Å². The van der Waals surface area contributed by atoms with Crippen molar-refractivity contribution < 1.29 is 14.0 Å². The van der Waals surface area contributed by atoms with Gasteiger partial charge in [-0.1, -0.05) is 18.2 Å². The largest absolute Gasteiger partial charge is 0.463 e. The van der Waals surface area contributed by atoms with Crippen LogP contribution in [-0.2, 0) is 4.79 Å². The Kier molecular flexibility index (Phi) is 2.72. The summed E-state index contributed by atoms with van der Waals surface area (Å²) in [6.45, 7) is 1.46. The first kappa shape index (κ1) is 10.4. The van der Waals surface area contributed by atoms with Crippen LogP contribution in [0.4, 0.5) is 0 Å². The average Bonchev–Trinajstić information content (AvgIpc) is 2.69. The highest BCUT2D eigenvalue weighted by Crippen LogP contribution is 2.20. The third-order valence-electron chi connectivity index (χ3n) is 2.22. The average molecular weight is 217 g/mol. The van der Waals surface area contributed by atoms with Crippen molar-refractivity contribution in [3.8, 4) is 0 Å². The second-order valence-corrected chi connectivity index (χ2v) is 3.53. The lowest BCUT2D eigenvalue weighted by Gasteiger charge is -1.99. The van der Waals surface area contributed by atoms with Crippen molar-refractivity contribution in [3.05, 3.63) is 36.1 Å². The minimum Gasteiger partial charge on any atom is -0.463 e. The van der Waals surface area contributed by atoms with Crippen LogP contribution in [0.1, 0.15) is 17.3 Å². The summed E-state index contributed by atoms with van der Waals surface area (Å²) in [5, 5.41) is 3.28. The summed E-state index contributed by atoms with van der Waals surface area (Å²) in [5.41, 5.74) is 1.12. The fourth-order valence-corrected chi connectivity index (χ4v) is 1.45. The molecule has 4 heteroatoms. The Labute approximate surface area is 92.2 Å². The zero-order valence-electron chi connectivity index (χ0n) is 8.82. The zero-order chi connectivity index (χ0) is 11.5. The van der Waals surface area contributed by atoms with Crippen LogP contribution >= 0.6 is 0 Å². The first-order valence-electron chi connectivity index (χ1n) is 4.92. The first-order valence-corrected chi connectivity index (χ1v) is 4.92. The molecule has 1 N–H and O–H groups in total. The number of benzene rings is 1. The maximum atomic E-state index is 11.7. The van der Waals surface area contributed by atoms with E-state index in [0.29, 0.717) is 11.1 Å². The summed E-state index contributed by atoms with van der Waals surface area (Å²) in [7, 11) is 0. The lowest BCUT2D eigenvalue weighted by Crippen LogP contribution is -2.27. The molecule has 0 spiro atoms. The third kappa shape index (κ3) is 1.95. The summed E-state index contributed by atoms with van der Waals surface area (Å²) >= 11 is 0. The molecule has 1 amide bonds. The molecule has 0 unspecified atom stereocenters. The molecule has 0 radical (unpaired) electrons. The molecule has 1 heterocycles. The Morgan fingerprint density at radius 1 is 1.31 bits per heavy atom. The lowest BCUT2D eigenvalue weighted by atomic mass is 10.1. The summed E-state index contributed by atoms with van der Waals surface area (Å²) in [4.78, 5) is 22.4. The Morgan fingerprint density at radius 2 is 2.06 bits per heavy atom. The third-order valence-corrected chi connectivity index (χ3v) is 2.22. The molecule has 2 rings (SSSR count). The van der Waals surface area contributed by atoms with Crippen LogP contribution in [0.25, 0.3) is 11.0 Å². The van der Waals surface area contributed by atoms with Crippen molar-refractivity contribution in [2.45, 2.75) is 6.92 Å². The van der Waals surface area contributed by atoms with E-state index in [1.807, 2.05) is 18.2 Å². The number of amides is 1. The number of carbonyl (C=O) groups excluding carboxylic acids is 2. The molecule has 1 aromatic heterocycles.